The average molecular weight is 155 g/mol. The van der Waals surface area contributed by atoms with E-state index >= 15 is 0 Å². The molecule has 52 valence electrons. The summed E-state index contributed by atoms with van der Waals surface area (Å²) in [4.78, 5) is 0. The fourth-order valence-electron chi connectivity index (χ4n) is 0.654. The minimum atomic E-state index is 0.685. The van der Waals surface area contributed by atoms with Crippen molar-refractivity contribution in [2.45, 2.75) is 0 Å². The first-order chi connectivity index (χ1) is 4.83. The molecule has 10 heavy (non-hydrogen) atoms. The predicted octanol–water partition coefficient (Wildman–Crippen LogP) is 3.05. The summed E-state index contributed by atoms with van der Waals surface area (Å²) in [6, 6.07) is 7.25. The molecule has 0 radical (unpaired) electrons. The van der Waals surface area contributed by atoms with Crippen molar-refractivity contribution in [2.75, 3.05) is 7.05 Å². The molecule has 0 aliphatic carbocycles. The number of azo groups is 1. The zero-order valence-corrected chi connectivity index (χ0v) is 6.34. The smallest absolute Gasteiger partial charge is 0.0867 e. The van der Waals surface area contributed by atoms with E-state index in [4.69, 9.17) is 11.6 Å². The molecular weight excluding hydrogens is 148 g/mol. The van der Waals surface area contributed by atoms with E-state index < -0.39 is 0 Å². The molecule has 1 rings (SSSR count). The third kappa shape index (κ3) is 1.81. The second-order valence-electron chi connectivity index (χ2n) is 1.78. The molecule has 0 unspecified atom stereocenters. The van der Waals surface area contributed by atoms with Crippen LogP contribution in [0.2, 0.25) is 5.02 Å². The van der Waals surface area contributed by atoms with Crippen molar-refractivity contribution in [1.82, 2.24) is 0 Å². The quantitative estimate of drug-likeness (QED) is 0.556. The van der Waals surface area contributed by atoms with E-state index in [-0.39, 0.29) is 0 Å². The first-order valence-corrected chi connectivity index (χ1v) is 3.26. The van der Waals surface area contributed by atoms with E-state index in [0.717, 1.165) is 5.69 Å². The van der Waals surface area contributed by atoms with Gasteiger partial charge in [-0.3, -0.25) is 0 Å². The van der Waals surface area contributed by atoms with Crippen LogP contribution in [0.3, 0.4) is 0 Å². The Labute approximate surface area is 64.5 Å². The molecule has 1 aromatic carbocycles. The fourth-order valence-corrected chi connectivity index (χ4v) is 0.838. The van der Waals surface area contributed by atoms with Gasteiger partial charge in [-0.05, 0) is 18.2 Å². The molecule has 1 aromatic rings. The Kier molecular flexibility index (Phi) is 2.40. The van der Waals surface area contributed by atoms with Crippen LogP contribution < -0.4 is 0 Å². The van der Waals surface area contributed by atoms with Gasteiger partial charge >= 0.3 is 0 Å². The van der Waals surface area contributed by atoms with E-state index in [1.165, 1.54) is 0 Å². The summed E-state index contributed by atoms with van der Waals surface area (Å²) in [6.07, 6.45) is 0. The van der Waals surface area contributed by atoms with Crippen molar-refractivity contribution in [3.8, 4) is 0 Å². The Balaban J connectivity index is 2.95. The molecule has 0 N–H and O–H groups in total. The molecule has 0 heterocycles. The topological polar surface area (TPSA) is 24.7 Å². The van der Waals surface area contributed by atoms with Crippen LogP contribution >= 0.6 is 11.6 Å². The van der Waals surface area contributed by atoms with Crippen molar-refractivity contribution in [3.63, 3.8) is 0 Å². The van der Waals surface area contributed by atoms with Gasteiger partial charge in [0.2, 0.25) is 0 Å². The third-order valence-corrected chi connectivity index (χ3v) is 1.26. The third-order valence-electron chi connectivity index (χ3n) is 1.02. The second kappa shape index (κ2) is 3.32. The van der Waals surface area contributed by atoms with Gasteiger partial charge in [-0.15, -0.1) is 0 Å². The van der Waals surface area contributed by atoms with Crippen LogP contribution in [0.5, 0.6) is 0 Å². The summed E-state index contributed by atoms with van der Waals surface area (Å²) >= 11 is 5.68. The number of hydrogen-bond acceptors (Lipinski definition) is 2. The van der Waals surface area contributed by atoms with Gasteiger partial charge in [0.15, 0.2) is 0 Å². The lowest BCUT2D eigenvalue weighted by atomic mass is 10.3. The van der Waals surface area contributed by atoms with Gasteiger partial charge in [-0.25, -0.2) is 0 Å². The second-order valence-corrected chi connectivity index (χ2v) is 2.22. The van der Waals surface area contributed by atoms with Crippen LogP contribution in [0.25, 0.3) is 0 Å². The maximum Gasteiger partial charge on any atom is 0.0867 e. The predicted molar refractivity (Wildman–Crippen MR) is 41.9 cm³/mol. The van der Waals surface area contributed by atoms with Gasteiger partial charge in [0, 0.05) is 12.1 Å². The van der Waals surface area contributed by atoms with Crippen molar-refractivity contribution >= 4 is 17.3 Å². The first-order valence-electron chi connectivity index (χ1n) is 2.88. The minimum Gasteiger partial charge on any atom is -0.192 e. The first kappa shape index (κ1) is 7.22. The molecule has 0 fully saturated rings. The van der Waals surface area contributed by atoms with Crippen LogP contribution in [-0.2, 0) is 0 Å². The molecule has 2 nitrogen and oxygen atoms in total. The van der Waals surface area contributed by atoms with Crippen LogP contribution in [0.4, 0.5) is 5.69 Å². The molecule has 0 saturated heterocycles. The van der Waals surface area contributed by atoms with E-state index in [9.17, 15) is 0 Å². The standard InChI is InChI=1S/C7H7ClN2/c1-9-10-7-4-2-3-6(8)5-7/h2-5H,1H3. The molecule has 0 bridgehead atoms. The molecule has 0 aromatic heterocycles. The summed E-state index contributed by atoms with van der Waals surface area (Å²) in [5.74, 6) is 0. The van der Waals surface area contributed by atoms with Gasteiger partial charge < -0.3 is 0 Å². The molecular formula is C7H7ClN2. The summed E-state index contributed by atoms with van der Waals surface area (Å²) in [5.41, 5.74) is 0.787. The van der Waals surface area contributed by atoms with Gasteiger partial charge in [0.05, 0.1) is 5.69 Å². The summed E-state index contributed by atoms with van der Waals surface area (Å²) in [7, 11) is 1.63. The molecule has 0 spiro atoms. The minimum absolute atomic E-state index is 0.685. The number of rotatable bonds is 1. The van der Waals surface area contributed by atoms with Gasteiger partial charge in [0.1, 0.15) is 0 Å². The number of nitrogens with zero attached hydrogens (tertiary/aromatic N) is 2. The van der Waals surface area contributed by atoms with Gasteiger partial charge in [-0.2, -0.15) is 10.2 Å². The molecule has 0 saturated carbocycles. The molecule has 3 heteroatoms. The Bertz CT molecular complexity index is 245. The Morgan fingerprint density at radius 3 is 2.80 bits per heavy atom. The Morgan fingerprint density at radius 1 is 1.40 bits per heavy atom. The van der Waals surface area contributed by atoms with Crippen molar-refractivity contribution in [1.29, 1.82) is 0 Å². The van der Waals surface area contributed by atoms with Crippen LogP contribution in [-0.4, -0.2) is 7.05 Å². The lowest BCUT2D eigenvalue weighted by molar-refractivity contribution is 1.17. The van der Waals surface area contributed by atoms with Crippen molar-refractivity contribution in [3.05, 3.63) is 29.3 Å². The maximum atomic E-state index is 5.68. The monoisotopic (exact) mass is 154 g/mol. The van der Waals surface area contributed by atoms with Crippen molar-refractivity contribution in [2.24, 2.45) is 10.2 Å². The lowest BCUT2D eigenvalue weighted by Gasteiger charge is -1.89. The van der Waals surface area contributed by atoms with E-state index in [0.29, 0.717) is 5.02 Å². The number of benzene rings is 1. The summed E-state index contributed by atoms with van der Waals surface area (Å²) in [6.45, 7) is 0. The number of halogens is 1. The summed E-state index contributed by atoms with van der Waals surface area (Å²) < 4.78 is 0. The zero-order chi connectivity index (χ0) is 7.40. The highest BCUT2D eigenvalue weighted by Gasteiger charge is 1.88. The Hall–Kier alpha value is -0.890. The van der Waals surface area contributed by atoms with E-state index in [2.05, 4.69) is 10.2 Å². The normalized spacial score (nSPS) is 10.6. The van der Waals surface area contributed by atoms with E-state index in [1.807, 2.05) is 12.1 Å². The van der Waals surface area contributed by atoms with E-state index in [1.54, 1.807) is 19.2 Å². The van der Waals surface area contributed by atoms with Gasteiger partial charge in [-0.1, -0.05) is 17.7 Å². The highest BCUT2D eigenvalue weighted by molar-refractivity contribution is 6.30. The lowest BCUT2D eigenvalue weighted by Crippen LogP contribution is -1.62. The molecule has 0 aliphatic rings. The fraction of sp³-hybridized carbons (Fsp3) is 0.143. The molecule has 0 atom stereocenters. The molecule has 0 aliphatic heterocycles. The average Bonchev–Trinajstić information content (AvgIpc) is 1.88. The maximum absolute atomic E-state index is 5.68. The van der Waals surface area contributed by atoms with Crippen LogP contribution in [0.15, 0.2) is 34.5 Å². The SMILES string of the molecule is CN=Nc1cccc(Cl)c1. The highest BCUT2D eigenvalue weighted by atomic mass is 35.5. The largest absolute Gasteiger partial charge is 0.192 e. The van der Waals surface area contributed by atoms with Crippen LogP contribution in [0.1, 0.15) is 0 Å². The van der Waals surface area contributed by atoms with Crippen molar-refractivity contribution < 1.29 is 0 Å². The van der Waals surface area contributed by atoms with Crippen LogP contribution in [0, 0.1) is 0 Å². The highest BCUT2D eigenvalue weighted by Crippen LogP contribution is 2.17. The zero-order valence-electron chi connectivity index (χ0n) is 5.58. The van der Waals surface area contributed by atoms with Gasteiger partial charge in [0.25, 0.3) is 0 Å². The Morgan fingerprint density at radius 2 is 2.20 bits per heavy atom. The number of hydrogen-bond donors (Lipinski definition) is 0. The molecule has 0 amide bonds. The summed E-state index contributed by atoms with van der Waals surface area (Å²) in [5, 5.41) is 8.11.